The van der Waals surface area contributed by atoms with Crippen LogP contribution in [0.1, 0.15) is 43.1 Å². The molecule has 0 saturated carbocycles. The second-order valence-corrected chi connectivity index (χ2v) is 6.77. The average Bonchev–Trinajstić information content (AvgIpc) is 2.36. The molecule has 6 nitrogen and oxygen atoms in total. The number of rotatable bonds is 4. The van der Waals surface area contributed by atoms with E-state index in [-0.39, 0.29) is 12.1 Å². The highest BCUT2D eigenvalue weighted by Crippen LogP contribution is 2.23. The Morgan fingerprint density at radius 2 is 2.04 bits per heavy atom. The fourth-order valence-electron chi connectivity index (χ4n) is 2.32. The van der Waals surface area contributed by atoms with Crippen molar-refractivity contribution in [2.45, 2.75) is 45.8 Å². The number of amides is 2. The van der Waals surface area contributed by atoms with Crippen LogP contribution < -0.4 is 10.5 Å². The number of ether oxygens (including phenoxy) is 2. The minimum absolute atomic E-state index is 0.0109. The Labute approximate surface area is 136 Å². The third-order valence-electron chi connectivity index (χ3n) is 3.69. The minimum atomic E-state index is -0.509. The molecule has 2 amide bonds. The van der Waals surface area contributed by atoms with Crippen LogP contribution in [0, 0.1) is 6.92 Å². The number of hydrogen-bond acceptors (Lipinski definition) is 4. The Hall–Kier alpha value is -2.24. The maximum Gasteiger partial charge on any atom is 0.410 e. The van der Waals surface area contributed by atoms with E-state index in [4.69, 9.17) is 15.2 Å². The normalized spacial score (nSPS) is 17.4. The summed E-state index contributed by atoms with van der Waals surface area (Å²) in [5.74, 6) is 0.0902. The molecule has 1 aliphatic rings. The third kappa shape index (κ3) is 4.37. The van der Waals surface area contributed by atoms with Gasteiger partial charge in [0, 0.05) is 12.1 Å². The van der Waals surface area contributed by atoms with Crippen LogP contribution >= 0.6 is 0 Å². The van der Waals surface area contributed by atoms with Crippen LogP contribution in [0.2, 0.25) is 0 Å². The van der Waals surface area contributed by atoms with Crippen LogP contribution in [-0.2, 0) is 4.74 Å². The summed E-state index contributed by atoms with van der Waals surface area (Å²) in [7, 11) is 0. The van der Waals surface area contributed by atoms with Gasteiger partial charge >= 0.3 is 6.09 Å². The summed E-state index contributed by atoms with van der Waals surface area (Å²) in [6.07, 6.45) is 0.549. The highest BCUT2D eigenvalue weighted by atomic mass is 16.6. The Bertz CT molecular complexity index is 607. The first-order chi connectivity index (χ1) is 10.7. The molecule has 2 N–H and O–H groups in total. The number of carbonyl (C=O) groups is 2. The first-order valence-corrected chi connectivity index (χ1v) is 7.70. The van der Waals surface area contributed by atoms with Gasteiger partial charge in [-0.3, -0.25) is 4.79 Å². The molecular weight excluding hydrogens is 296 g/mol. The van der Waals surface area contributed by atoms with E-state index < -0.39 is 11.5 Å². The van der Waals surface area contributed by atoms with E-state index in [0.717, 1.165) is 12.0 Å². The summed E-state index contributed by atoms with van der Waals surface area (Å²) in [5, 5.41) is 0. The topological polar surface area (TPSA) is 81.9 Å². The molecule has 126 valence electrons. The van der Waals surface area contributed by atoms with Gasteiger partial charge in [0.2, 0.25) is 5.91 Å². The number of benzene rings is 1. The second kappa shape index (κ2) is 6.48. The van der Waals surface area contributed by atoms with Gasteiger partial charge in [0.15, 0.2) is 0 Å². The largest absolute Gasteiger partial charge is 0.491 e. The van der Waals surface area contributed by atoms with Crippen molar-refractivity contribution in [1.29, 1.82) is 0 Å². The van der Waals surface area contributed by atoms with Crippen molar-refractivity contribution < 1.29 is 19.1 Å². The van der Waals surface area contributed by atoms with Gasteiger partial charge in [0.1, 0.15) is 18.0 Å². The van der Waals surface area contributed by atoms with Gasteiger partial charge in [0.05, 0.1) is 6.04 Å². The fraction of sp³-hybridized carbons (Fsp3) is 0.529. The van der Waals surface area contributed by atoms with Gasteiger partial charge in [-0.1, -0.05) is 6.07 Å². The smallest absolute Gasteiger partial charge is 0.410 e. The van der Waals surface area contributed by atoms with Crippen molar-refractivity contribution in [2.75, 3.05) is 13.2 Å². The molecule has 1 heterocycles. The third-order valence-corrected chi connectivity index (χ3v) is 3.69. The zero-order chi connectivity index (χ0) is 17.2. The maximum atomic E-state index is 12.0. The van der Waals surface area contributed by atoms with Crippen LogP contribution in [0.15, 0.2) is 18.2 Å². The van der Waals surface area contributed by atoms with Gasteiger partial charge in [-0.25, -0.2) is 4.79 Å². The summed E-state index contributed by atoms with van der Waals surface area (Å²) in [4.78, 5) is 25.0. The lowest BCUT2D eigenvalue weighted by Gasteiger charge is -2.41. The van der Waals surface area contributed by atoms with E-state index in [9.17, 15) is 9.59 Å². The fourth-order valence-corrected chi connectivity index (χ4v) is 2.32. The number of nitrogens with zero attached hydrogens (tertiary/aromatic N) is 1. The van der Waals surface area contributed by atoms with Gasteiger partial charge < -0.3 is 20.1 Å². The number of carbonyl (C=O) groups excluding carboxylic acids is 2. The van der Waals surface area contributed by atoms with E-state index in [0.29, 0.717) is 24.5 Å². The van der Waals surface area contributed by atoms with E-state index in [1.807, 2.05) is 27.7 Å². The summed E-state index contributed by atoms with van der Waals surface area (Å²) in [6, 6.07) is 5.21. The van der Waals surface area contributed by atoms with Crippen molar-refractivity contribution in [2.24, 2.45) is 5.73 Å². The molecule has 0 bridgehead atoms. The number of nitrogens with two attached hydrogens (primary N) is 1. The quantitative estimate of drug-likeness (QED) is 0.924. The van der Waals surface area contributed by atoms with Gasteiger partial charge in [0.25, 0.3) is 0 Å². The molecule has 0 aromatic heterocycles. The molecule has 1 saturated heterocycles. The molecule has 0 aliphatic carbocycles. The van der Waals surface area contributed by atoms with Crippen molar-refractivity contribution in [3.8, 4) is 5.75 Å². The molecule has 6 heteroatoms. The Morgan fingerprint density at radius 3 is 2.57 bits per heavy atom. The zero-order valence-electron chi connectivity index (χ0n) is 14.1. The second-order valence-electron chi connectivity index (χ2n) is 6.77. The van der Waals surface area contributed by atoms with E-state index in [1.54, 1.807) is 23.1 Å². The molecule has 0 unspecified atom stereocenters. The predicted molar refractivity (Wildman–Crippen MR) is 86.5 cm³/mol. The molecule has 0 spiro atoms. The van der Waals surface area contributed by atoms with Crippen molar-refractivity contribution >= 4 is 12.0 Å². The van der Waals surface area contributed by atoms with Gasteiger partial charge in [-0.2, -0.15) is 0 Å². The zero-order valence-corrected chi connectivity index (χ0v) is 14.1. The lowest BCUT2D eigenvalue weighted by molar-refractivity contribution is -0.0141. The molecule has 1 aliphatic heterocycles. The lowest BCUT2D eigenvalue weighted by atomic mass is 10.1. The van der Waals surface area contributed by atoms with Crippen molar-refractivity contribution in [3.05, 3.63) is 29.3 Å². The van der Waals surface area contributed by atoms with E-state index in [2.05, 4.69) is 0 Å². The van der Waals surface area contributed by atoms with Gasteiger partial charge in [-0.15, -0.1) is 0 Å². The Balaban J connectivity index is 1.93. The molecule has 1 aromatic rings. The minimum Gasteiger partial charge on any atom is -0.491 e. The van der Waals surface area contributed by atoms with Gasteiger partial charge in [-0.05, 0) is 51.8 Å². The summed E-state index contributed by atoms with van der Waals surface area (Å²) in [6.45, 7) is 8.37. The molecule has 0 radical (unpaired) electrons. The van der Waals surface area contributed by atoms with Crippen LogP contribution in [0.4, 0.5) is 4.79 Å². The summed E-state index contributed by atoms with van der Waals surface area (Å²) >= 11 is 0. The summed E-state index contributed by atoms with van der Waals surface area (Å²) in [5.41, 5.74) is 6.08. The molecule has 2 rings (SSSR count). The standard InChI is InChI=1S/C17H24N2O4/c1-11-5-6-13(9-14(11)15(18)20)22-10-12-7-8-19(12)16(21)23-17(2,3)4/h5-6,9,12H,7-8,10H2,1-4H3,(H2,18,20)/t12-/m0/s1. The molecule has 1 fully saturated rings. The van der Waals surface area contributed by atoms with Crippen molar-refractivity contribution in [1.82, 2.24) is 4.90 Å². The molecule has 1 atom stereocenters. The molecule has 23 heavy (non-hydrogen) atoms. The Morgan fingerprint density at radius 1 is 1.35 bits per heavy atom. The number of hydrogen-bond donors (Lipinski definition) is 1. The Kier molecular flexibility index (Phi) is 4.82. The highest BCUT2D eigenvalue weighted by molar-refractivity contribution is 5.94. The molecule has 1 aromatic carbocycles. The first-order valence-electron chi connectivity index (χ1n) is 7.70. The lowest BCUT2D eigenvalue weighted by Crippen LogP contribution is -2.55. The van der Waals surface area contributed by atoms with Crippen molar-refractivity contribution in [3.63, 3.8) is 0 Å². The number of primary amides is 1. The maximum absolute atomic E-state index is 12.0. The average molecular weight is 320 g/mol. The first kappa shape index (κ1) is 17.1. The number of aryl methyl sites for hydroxylation is 1. The van der Waals surface area contributed by atoms with E-state index >= 15 is 0 Å². The SMILES string of the molecule is Cc1ccc(OC[C@@H]2CCN2C(=O)OC(C)(C)C)cc1C(N)=O. The monoisotopic (exact) mass is 320 g/mol. The summed E-state index contributed by atoms with van der Waals surface area (Å²) < 4.78 is 11.1. The molecular formula is C17H24N2O4. The van der Waals surface area contributed by atoms with Crippen LogP contribution in [0.25, 0.3) is 0 Å². The van der Waals surface area contributed by atoms with E-state index in [1.165, 1.54) is 0 Å². The predicted octanol–water partition coefficient (Wildman–Crippen LogP) is 2.48. The number of likely N-dealkylation sites (tertiary alicyclic amines) is 1. The van der Waals surface area contributed by atoms with Crippen LogP contribution in [0.5, 0.6) is 5.75 Å². The highest BCUT2D eigenvalue weighted by Gasteiger charge is 2.35. The van der Waals surface area contributed by atoms with Crippen LogP contribution in [-0.4, -0.2) is 41.7 Å². The van der Waals surface area contributed by atoms with Crippen LogP contribution in [0.3, 0.4) is 0 Å².